The highest BCUT2D eigenvalue weighted by molar-refractivity contribution is 8.26. The van der Waals surface area contributed by atoms with Crippen molar-refractivity contribution in [2.75, 3.05) is 18.5 Å². The van der Waals surface area contributed by atoms with Gasteiger partial charge in [-0.1, -0.05) is 79.6 Å². The molecule has 3 aromatic rings. The summed E-state index contributed by atoms with van der Waals surface area (Å²) in [6, 6.07) is 15.9. The number of hydrogen-bond donors (Lipinski definition) is 0. The number of rotatable bonds is 6. The molecule has 8 heteroatoms. The van der Waals surface area contributed by atoms with Gasteiger partial charge < -0.3 is 4.90 Å². The molecule has 1 aliphatic carbocycles. The highest BCUT2D eigenvalue weighted by Gasteiger charge is 2.33. The molecular weight excluding hydrogens is 476 g/mol. The monoisotopic (exact) mass is 504 g/mol. The van der Waals surface area contributed by atoms with Crippen LogP contribution in [-0.2, 0) is 11.2 Å². The van der Waals surface area contributed by atoms with Gasteiger partial charge in [0.25, 0.3) is 11.5 Å². The number of thioether (sulfide) groups is 1. The predicted molar refractivity (Wildman–Crippen MR) is 147 cm³/mol. The maximum absolute atomic E-state index is 13.6. The fourth-order valence-corrected chi connectivity index (χ4v) is 6.13. The van der Waals surface area contributed by atoms with E-state index in [1.807, 2.05) is 55.6 Å². The molecule has 2 aromatic heterocycles. The molecule has 2 fully saturated rings. The third-order valence-electron chi connectivity index (χ3n) is 6.82. The fourth-order valence-electron chi connectivity index (χ4n) is 4.84. The quantitative estimate of drug-likeness (QED) is 0.351. The second-order valence-electron chi connectivity index (χ2n) is 9.05. The molecule has 0 atom stereocenters. The number of thiocarbonyl (C=S) groups is 1. The Morgan fingerprint density at radius 2 is 1.83 bits per heavy atom. The van der Waals surface area contributed by atoms with Gasteiger partial charge in [-0.25, -0.2) is 4.98 Å². The summed E-state index contributed by atoms with van der Waals surface area (Å²) in [5, 5.41) is 0. The van der Waals surface area contributed by atoms with Crippen LogP contribution in [0.4, 0.5) is 5.82 Å². The summed E-state index contributed by atoms with van der Waals surface area (Å²) in [6.07, 6.45) is 9.89. The molecule has 0 unspecified atom stereocenters. The molecule has 35 heavy (non-hydrogen) atoms. The van der Waals surface area contributed by atoms with E-state index in [9.17, 15) is 9.59 Å². The fraction of sp³-hybridized carbons (Fsp3) is 0.333. The van der Waals surface area contributed by atoms with Crippen LogP contribution in [0.15, 0.2) is 64.4 Å². The summed E-state index contributed by atoms with van der Waals surface area (Å²) in [6.45, 7) is 0.510. The number of aromatic nitrogens is 2. The van der Waals surface area contributed by atoms with Crippen molar-refractivity contribution >= 4 is 51.7 Å². The topological polar surface area (TPSA) is 57.9 Å². The Kier molecular flexibility index (Phi) is 7.02. The first kappa shape index (κ1) is 23.8. The van der Waals surface area contributed by atoms with E-state index >= 15 is 0 Å². The van der Waals surface area contributed by atoms with E-state index in [-0.39, 0.29) is 11.5 Å². The molecule has 6 nitrogen and oxygen atoms in total. The molecular formula is C27H28N4O2S2. The second kappa shape index (κ2) is 10.3. The lowest BCUT2D eigenvalue weighted by molar-refractivity contribution is -0.122. The Bertz CT molecular complexity index is 1350. The van der Waals surface area contributed by atoms with Crippen molar-refractivity contribution in [1.29, 1.82) is 0 Å². The van der Waals surface area contributed by atoms with Crippen molar-refractivity contribution in [3.63, 3.8) is 0 Å². The van der Waals surface area contributed by atoms with Crippen LogP contribution < -0.4 is 10.5 Å². The van der Waals surface area contributed by atoms with Gasteiger partial charge in [0.1, 0.15) is 15.8 Å². The number of fused-ring (bicyclic) bond motifs is 1. The number of carbonyl (C=O) groups is 1. The van der Waals surface area contributed by atoms with Crippen molar-refractivity contribution in [1.82, 2.24) is 14.3 Å². The van der Waals surface area contributed by atoms with Gasteiger partial charge in [-0.05, 0) is 43.0 Å². The zero-order valence-electron chi connectivity index (χ0n) is 19.7. The summed E-state index contributed by atoms with van der Waals surface area (Å²) in [4.78, 5) is 36.0. The molecule has 0 radical (unpaired) electrons. The van der Waals surface area contributed by atoms with Crippen LogP contribution in [0.5, 0.6) is 0 Å². The highest BCUT2D eigenvalue weighted by atomic mass is 32.2. The molecule has 1 saturated carbocycles. The first-order valence-electron chi connectivity index (χ1n) is 12.1. The minimum absolute atomic E-state index is 0.153. The molecule has 1 saturated heterocycles. The molecule has 1 amide bonds. The first-order valence-corrected chi connectivity index (χ1v) is 13.3. The third-order valence-corrected chi connectivity index (χ3v) is 8.20. The van der Waals surface area contributed by atoms with Crippen LogP contribution >= 0.6 is 24.0 Å². The minimum Gasteiger partial charge on any atom is -0.356 e. The molecule has 2 aliphatic rings. The number of anilines is 1. The van der Waals surface area contributed by atoms with E-state index in [4.69, 9.17) is 17.2 Å². The number of amides is 1. The highest BCUT2D eigenvalue weighted by Crippen LogP contribution is 2.34. The smallest absolute Gasteiger partial charge is 0.267 e. The van der Waals surface area contributed by atoms with Gasteiger partial charge in [-0.2, -0.15) is 0 Å². The van der Waals surface area contributed by atoms with Crippen molar-refractivity contribution < 1.29 is 4.79 Å². The lowest BCUT2D eigenvalue weighted by atomic mass is 9.94. The Morgan fingerprint density at radius 3 is 2.60 bits per heavy atom. The van der Waals surface area contributed by atoms with E-state index in [1.54, 1.807) is 21.6 Å². The Labute approximate surface area is 214 Å². The molecule has 3 heterocycles. The number of hydrogen-bond acceptors (Lipinski definition) is 6. The molecule has 0 N–H and O–H groups in total. The number of pyridine rings is 1. The number of nitrogens with zero attached hydrogens (tertiary/aromatic N) is 4. The van der Waals surface area contributed by atoms with Crippen LogP contribution in [-0.4, -0.2) is 44.1 Å². The summed E-state index contributed by atoms with van der Waals surface area (Å²) in [5.74, 6) is 0.474. The summed E-state index contributed by atoms with van der Waals surface area (Å²) in [7, 11) is 2.01. The average molecular weight is 505 g/mol. The van der Waals surface area contributed by atoms with E-state index in [2.05, 4.69) is 4.90 Å². The van der Waals surface area contributed by atoms with Crippen LogP contribution in [0.3, 0.4) is 0 Å². The third kappa shape index (κ3) is 4.90. The summed E-state index contributed by atoms with van der Waals surface area (Å²) in [5.41, 5.74) is 2.01. The first-order chi connectivity index (χ1) is 17.0. The predicted octanol–water partition coefficient (Wildman–Crippen LogP) is 4.91. The van der Waals surface area contributed by atoms with Crippen molar-refractivity contribution in [2.45, 2.75) is 44.6 Å². The van der Waals surface area contributed by atoms with Crippen LogP contribution in [0.25, 0.3) is 11.7 Å². The van der Waals surface area contributed by atoms with E-state index < -0.39 is 0 Å². The maximum atomic E-state index is 13.6. The van der Waals surface area contributed by atoms with Gasteiger partial charge in [0, 0.05) is 25.8 Å². The van der Waals surface area contributed by atoms with Gasteiger partial charge in [0.2, 0.25) is 0 Å². The van der Waals surface area contributed by atoms with Crippen molar-refractivity contribution in [3.05, 3.63) is 81.1 Å². The Morgan fingerprint density at radius 1 is 1.09 bits per heavy atom. The molecule has 0 spiro atoms. The van der Waals surface area contributed by atoms with E-state index in [0.717, 1.165) is 24.8 Å². The lowest BCUT2D eigenvalue weighted by Crippen LogP contribution is -2.36. The Hall–Kier alpha value is -2.97. The van der Waals surface area contributed by atoms with Crippen molar-refractivity contribution in [2.24, 2.45) is 0 Å². The van der Waals surface area contributed by atoms with Crippen molar-refractivity contribution in [3.8, 4) is 0 Å². The van der Waals surface area contributed by atoms with E-state index in [0.29, 0.717) is 38.8 Å². The standard InChI is InChI=1S/C27H28N4O2S2/c1-29(20-12-6-3-7-13-20)24-21(25(32)30-16-9-8-14-23(30)28-24)18-22-26(33)31(27(34)35-22)17-15-19-10-4-2-5-11-19/h2,4-5,8-11,14,16,18,20H,3,6-7,12-13,15,17H2,1H3. The average Bonchev–Trinajstić information content (AvgIpc) is 3.16. The number of carbonyl (C=O) groups excluding carboxylic acids is 1. The lowest BCUT2D eigenvalue weighted by Gasteiger charge is -2.33. The van der Waals surface area contributed by atoms with Crippen LogP contribution in [0.2, 0.25) is 0 Å². The summed E-state index contributed by atoms with van der Waals surface area (Å²) < 4.78 is 2.06. The molecule has 1 aromatic carbocycles. The molecule has 180 valence electrons. The normalized spacial score (nSPS) is 18.1. The molecule has 5 rings (SSSR count). The van der Waals surface area contributed by atoms with E-state index in [1.165, 1.54) is 31.0 Å². The van der Waals surface area contributed by atoms with Gasteiger partial charge in [-0.15, -0.1) is 0 Å². The second-order valence-corrected chi connectivity index (χ2v) is 10.7. The molecule has 1 aliphatic heterocycles. The zero-order valence-corrected chi connectivity index (χ0v) is 21.4. The van der Waals surface area contributed by atoms with Gasteiger partial charge >= 0.3 is 0 Å². The Balaban J connectivity index is 1.50. The van der Waals surface area contributed by atoms with Gasteiger partial charge in [0.05, 0.1) is 10.5 Å². The summed E-state index contributed by atoms with van der Waals surface area (Å²) >= 11 is 6.80. The largest absolute Gasteiger partial charge is 0.356 e. The SMILES string of the molecule is CN(c1nc2ccccn2c(=O)c1C=C1SC(=S)N(CCc2ccccc2)C1=O)C1CCCCC1. The van der Waals surface area contributed by atoms with Gasteiger partial charge in [-0.3, -0.25) is 18.9 Å². The number of benzene rings is 1. The van der Waals surface area contributed by atoms with Gasteiger partial charge in [0.15, 0.2) is 0 Å². The molecule has 0 bridgehead atoms. The minimum atomic E-state index is -0.178. The van der Waals surface area contributed by atoms with Crippen LogP contribution in [0, 0.1) is 0 Å². The maximum Gasteiger partial charge on any atom is 0.267 e. The zero-order chi connectivity index (χ0) is 24.4. The van der Waals surface area contributed by atoms with Crippen LogP contribution in [0.1, 0.15) is 43.2 Å².